The first-order valence-electron chi connectivity index (χ1n) is 9.84. The van der Waals surface area contributed by atoms with Crippen LogP contribution in [-0.4, -0.2) is 33.7 Å². The van der Waals surface area contributed by atoms with Crippen LogP contribution in [0.15, 0.2) is 35.7 Å². The number of nitrogens with zero attached hydrogens (tertiary/aromatic N) is 4. The van der Waals surface area contributed by atoms with E-state index in [9.17, 15) is 13.6 Å². The van der Waals surface area contributed by atoms with Crippen molar-refractivity contribution in [2.45, 2.75) is 31.7 Å². The molecule has 2 aromatic rings. The fourth-order valence-electron chi connectivity index (χ4n) is 5.07. The van der Waals surface area contributed by atoms with Crippen molar-refractivity contribution in [2.75, 3.05) is 6.61 Å². The van der Waals surface area contributed by atoms with Gasteiger partial charge in [-0.2, -0.15) is 5.10 Å². The number of hydrogen-bond donors (Lipinski definition) is 0. The first-order valence-corrected chi connectivity index (χ1v) is 10.2. The van der Waals surface area contributed by atoms with Crippen molar-refractivity contribution in [3.05, 3.63) is 52.9 Å². The lowest BCUT2D eigenvalue weighted by Gasteiger charge is -2.38. The van der Waals surface area contributed by atoms with Gasteiger partial charge in [0.2, 0.25) is 11.8 Å². The highest BCUT2D eigenvalue weighted by Gasteiger charge is 2.59. The summed E-state index contributed by atoms with van der Waals surface area (Å²) in [4.78, 5) is 21.1. The van der Waals surface area contributed by atoms with Gasteiger partial charge in [-0.15, -0.1) is 0 Å². The van der Waals surface area contributed by atoms with Crippen LogP contribution in [0.4, 0.5) is 8.78 Å². The second kappa shape index (κ2) is 7.27. The molecule has 2 atom stereocenters. The van der Waals surface area contributed by atoms with Crippen LogP contribution in [0, 0.1) is 28.9 Å². The summed E-state index contributed by atoms with van der Waals surface area (Å²) in [5, 5.41) is 5.94. The topological polar surface area (TPSA) is 67.7 Å². The molecule has 3 fully saturated rings. The van der Waals surface area contributed by atoms with E-state index in [1.54, 1.807) is 12.3 Å². The van der Waals surface area contributed by atoms with Gasteiger partial charge >= 0.3 is 0 Å². The van der Waals surface area contributed by atoms with E-state index in [2.05, 4.69) is 15.1 Å². The molecule has 6 rings (SSSR count). The largest absolute Gasteiger partial charge is 0.477 e. The Kier molecular flexibility index (Phi) is 4.69. The predicted molar refractivity (Wildman–Crippen MR) is 105 cm³/mol. The molecular formula is C21H19ClF2N4O2. The Morgan fingerprint density at radius 1 is 1.17 bits per heavy atom. The van der Waals surface area contributed by atoms with Gasteiger partial charge in [0.05, 0.1) is 12.6 Å². The number of amides is 1. The molecule has 0 spiro atoms. The maximum atomic E-state index is 13.7. The highest BCUT2D eigenvalue weighted by atomic mass is 35.5. The molecule has 3 saturated carbocycles. The lowest BCUT2D eigenvalue weighted by molar-refractivity contribution is -0.138. The Morgan fingerprint density at radius 2 is 1.93 bits per heavy atom. The minimum absolute atomic E-state index is 0.0632. The first-order chi connectivity index (χ1) is 14.4. The fraction of sp³-hybridized carbons (Fsp3) is 0.429. The number of hydrazone groups is 1. The summed E-state index contributed by atoms with van der Waals surface area (Å²) in [5.41, 5.74) is 0.356. The quantitative estimate of drug-likeness (QED) is 0.665. The average molecular weight is 433 g/mol. The van der Waals surface area contributed by atoms with Crippen LogP contribution in [0.25, 0.3) is 0 Å². The maximum Gasteiger partial charge on any atom is 0.246 e. The molecule has 1 amide bonds. The molecule has 156 valence electrons. The van der Waals surface area contributed by atoms with E-state index in [0.29, 0.717) is 36.0 Å². The van der Waals surface area contributed by atoms with Crippen LogP contribution < -0.4 is 4.74 Å². The summed E-state index contributed by atoms with van der Waals surface area (Å²) in [6.07, 6.45) is 5.92. The molecule has 2 bridgehead atoms. The van der Waals surface area contributed by atoms with Crippen molar-refractivity contribution in [3.8, 4) is 5.88 Å². The third-order valence-electron chi connectivity index (χ3n) is 6.39. The summed E-state index contributed by atoms with van der Waals surface area (Å²) in [6.45, 7) is 0.461. The Morgan fingerprint density at radius 3 is 2.67 bits per heavy atom. The monoisotopic (exact) mass is 432 g/mol. The summed E-state index contributed by atoms with van der Waals surface area (Å²) >= 11 is 5.86. The Hall–Kier alpha value is -2.61. The summed E-state index contributed by atoms with van der Waals surface area (Å²) in [6, 6.07) is 4.44. The number of aromatic nitrogens is 2. The van der Waals surface area contributed by atoms with Crippen LogP contribution >= 0.6 is 11.6 Å². The number of fused-ring (bicyclic) bond motifs is 1. The summed E-state index contributed by atoms with van der Waals surface area (Å²) in [5.74, 6) is -0.885. The number of carbonyl (C=O) groups excluding carboxylic acids is 1. The smallest absolute Gasteiger partial charge is 0.246 e. The van der Waals surface area contributed by atoms with E-state index in [-0.39, 0.29) is 23.2 Å². The Bertz CT molecular complexity index is 1010. The third-order valence-corrected chi connectivity index (χ3v) is 6.60. The molecular weight excluding hydrogens is 414 g/mol. The second-order valence-corrected chi connectivity index (χ2v) is 8.77. The Labute approximate surface area is 176 Å². The molecule has 1 aromatic carbocycles. The molecule has 1 aromatic heterocycles. The number of rotatable bonds is 5. The predicted octanol–water partition coefficient (Wildman–Crippen LogP) is 4.16. The van der Waals surface area contributed by atoms with Gasteiger partial charge in [-0.3, -0.25) is 4.79 Å². The summed E-state index contributed by atoms with van der Waals surface area (Å²) in [7, 11) is 0. The molecule has 0 saturated heterocycles. The lowest BCUT2D eigenvalue weighted by atomic mass is 9.70. The van der Waals surface area contributed by atoms with Crippen molar-refractivity contribution >= 4 is 23.7 Å². The Balaban J connectivity index is 1.26. The minimum Gasteiger partial charge on any atom is -0.477 e. The zero-order chi connectivity index (χ0) is 20.9. The SMILES string of the molecule is O=C(C1CC2(COc3cc(Cl)ncn3)CC1C2)N1N=CCC1c1cc(F)cc(F)c1. The molecule has 1 aliphatic heterocycles. The number of carbonyl (C=O) groups is 1. The van der Waals surface area contributed by atoms with Crippen molar-refractivity contribution in [1.82, 2.24) is 15.0 Å². The van der Waals surface area contributed by atoms with Crippen LogP contribution in [0.5, 0.6) is 5.88 Å². The molecule has 2 heterocycles. The molecule has 3 aliphatic carbocycles. The fourth-order valence-corrected chi connectivity index (χ4v) is 5.20. The zero-order valence-electron chi connectivity index (χ0n) is 16.0. The van der Waals surface area contributed by atoms with Crippen LogP contribution in [0.1, 0.15) is 37.3 Å². The van der Waals surface area contributed by atoms with E-state index < -0.39 is 17.7 Å². The van der Waals surface area contributed by atoms with Crippen LogP contribution in [0.2, 0.25) is 5.15 Å². The van der Waals surface area contributed by atoms with Gasteiger partial charge in [0.1, 0.15) is 23.1 Å². The van der Waals surface area contributed by atoms with Gasteiger partial charge in [-0.05, 0) is 42.9 Å². The van der Waals surface area contributed by atoms with E-state index in [1.165, 1.54) is 23.5 Å². The van der Waals surface area contributed by atoms with Gasteiger partial charge in [0.25, 0.3) is 0 Å². The summed E-state index contributed by atoms with van der Waals surface area (Å²) < 4.78 is 33.1. The van der Waals surface area contributed by atoms with Crippen molar-refractivity contribution in [1.29, 1.82) is 0 Å². The lowest BCUT2D eigenvalue weighted by Crippen LogP contribution is -2.36. The molecule has 4 aliphatic rings. The molecule has 6 nitrogen and oxygen atoms in total. The molecule has 30 heavy (non-hydrogen) atoms. The number of halogens is 3. The van der Waals surface area contributed by atoms with Crippen molar-refractivity contribution in [2.24, 2.45) is 22.4 Å². The maximum absolute atomic E-state index is 13.7. The van der Waals surface area contributed by atoms with Gasteiger partial charge in [0, 0.05) is 36.1 Å². The van der Waals surface area contributed by atoms with E-state index in [4.69, 9.17) is 16.3 Å². The average Bonchev–Trinajstić information content (AvgIpc) is 3.38. The van der Waals surface area contributed by atoms with Crippen LogP contribution in [0.3, 0.4) is 0 Å². The second-order valence-electron chi connectivity index (χ2n) is 8.38. The van der Waals surface area contributed by atoms with Crippen molar-refractivity contribution < 1.29 is 18.3 Å². The molecule has 2 unspecified atom stereocenters. The normalized spacial score (nSPS) is 29.2. The van der Waals surface area contributed by atoms with Gasteiger partial charge in [-0.25, -0.2) is 23.8 Å². The molecule has 0 radical (unpaired) electrons. The van der Waals surface area contributed by atoms with Gasteiger partial charge in [0.15, 0.2) is 0 Å². The standard InChI is InChI=1S/C21H19ClF2N4O2/c22-18-6-19(26-11-25-18)30-10-21-7-13(8-21)16(9-21)20(29)28-17(1-2-27-28)12-3-14(23)5-15(24)4-12/h2-6,11,13,16-17H,1,7-10H2. The van der Waals surface area contributed by atoms with Crippen molar-refractivity contribution in [3.63, 3.8) is 0 Å². The van der Waals surface area contributed by atoms with Gasteiger partial charge < -0.3 is 4.74 Å². The minimum atomic E-state index is -0.659. The number of ether oxygens (including phenoxy) is 1. The number of benzene rings is 1. The number of hydrogen-bond acceptors (Lipinski definition) is 5. The van der Waals surface area contributed by atoms with E-state index in [1.807, 2.05) is 0 Å². The van der Waals surface area contributed by atoms with E-state index >= 15 is 0 Å². The highest BCUT2D eigenvalue weighted by molar-refractivity contribution is 6.29. The van der Waals surface area contributed by atoms with Crippen LogP contribution in [-0.2, 0) is 4.79 Å². The van der Waals surface area contributed by atoms with Gasteiger partial charge in [-0.1, -0.05) is 11.6 Å². The highest BCUT2D eigenvalue weighted by Crippen LogP contribution is 2.62. The first kappa shape index (κ1) is 19.4. The third kappa shape index (κ3) is 3.43. The molecule has 9 heteroatoms. The van der Waals surface area contributed by atoms with E-state index in [0.717, 1.165) is 18.9 Å². The zero-order valence-corrected chi connectivity index (χ0v) is 16.7. The molecule has 0 N–H and O–H groups in total.